The Hall–Kier alpha value is -1.11. The standard InChI is InChI=1S/C14H9Cl2IN2O/c15-10-5-6-11(12(16)7-10)14(20)19-18-8-9-3-1-2-4-13(9)17/h1-8H,(H,19,20)/b18-8+. The molecule has 0 aliphatic rings. The second-order valence-corrected chi connectivity index (χ2v) is 5.85. The lowest BCUT2D eigenvalue weighted by Gasteiger charge is -2.03. The van der Waals surface area contributed by atoms with Crippen molar-refractivity contribution in [3.63, 3.8) is 0 Å². The highest BCUT2D eigenvalue weighted by Gasteiger charge is 2.09. The van der Waals surface area contributed by atoms with Gasteiger partial charge in [-0.25, -0.2) is 5.43 Å². The van der Waals surface area contributed by atoms with Gasteiger partial charge in [0.15, 0.2) is 0 Å². The van der Waals surface area contributed by atoms with Crippen LogP contribution in [0.2, 0.25) is 10.0 Å². The minimum atomic E-state index is -0.381. The average molecular weight is 419 g/mol. The molecule has 0 heterocycles. The van der Waals surface area contributed by atoms with E-state index in [1.807, 2.05) is 24.3 Å². The summed E-state index contributed by atoms with van der Waals surface area (Å²) in [5.41, 5.74) is 3.69. The Morgan fingerprint density at radius 3 is 2.65 bits per heavy atom. The molecular weight excluding hydrogens is 410 g/mol. The van der Waals surface area contributed by atoms with E-state index in [-0.39, 0.29) is 5.91 Å². The highest BCUT2D eigenvalue weighted by Crippen LogP contribution is 2.20. The Morgan fingerprint density at radius 2 is 1.95 bits per heavy atom. The van der Waals surface area contributed by atoms with Gasteiger partial charge in [0.1, 0.15) is 0 Å². The largest absolute Gasteiger partial charge is 0.272 e. The van der Waals surface area contributed by atoms with Crippen LogP contribution >= 0.6 is 45.8 Å². The Morgan fingerprint density at radius 1 is 1.20 bits per heavy atom. The average Bonchev–Trinajstić information content (AvgIpc) is 2.40. The minimum absolute atomic E-state index is 0.291. The maximum atomic E-state index is 11.9. The summed E-state index contributed by atoms with van der Waals surface area (Å²) in [6.45, 7) is 0. The Kier molecular flexibility index (Phi) is 5.39. The van der Waals surface area contributed by atoms with Crippen LogP contribution in [0.5, 0.6) is 0 Å². The first-order chi connectivity index (χ1) is 9.58. The molecule has 102 valence electrons. The third kappa shape index (κ3) is 3.94. The zero-order chi connectivity index (χ0) is 14.5. The summed E-state index contributed by atoms with van der Waals surface area (Å²) >= 11 is 13.9. The number of halogens is 3. The molecule has 20 heavy (non-hydrogen) atoms. The highest BCUT2D eigenvalue weighted by atomic mass is 127. The van der Waals surface area contributed by atoms with Gasteiger partial charge in [-0.15, -0.1) is 0 Å². The van der Waals surface area contributed by atoms with E-state index < -0.39 is 0 Å². The summed E-state index contributed by atoms with van der Waals surface area (Å²) in [7, 11) is 0. The normalized spacial score (nSPS) is 10.8. The number of carbonyl (C=O) groups excluding carboxylic acids is 1. The molecule has 6 heteroatoms. The molecule has 0 aliphatic carbocycles. The van der Waals surface area contributed by atoms with E-state index in [0.29, 0.717) is 15.6 Å². The van der Waals surface area contributed by atoms with Crippen LogP contribution in [0.4, 0.5) is 0 Å². The fourth-order valence-corrected chi connectivity index (χ4v) is 2.50. The van der Waals surface area contributed by atoms with E-state index in [2.05, 4.69) is 33.1 Å². The summed E-state index contributed by atoms with van der Waals surface area (Å²) in [5.74, 6) is -0.381. The molecule has 0 radical (unpaired) electrons. The fourth-order valence-electron chi connectivity index (χ4n) is 1.47. The third-order valence-corrected chi connectivity index (χ3v) is 3.98. The molecule has 0 atom stereocenters. The molecule has 2 aromatic rings. The zero-order valence-corrected chi connectivity index (χ0v) is 13.8. The first-order valence-electron chi connectivity index (χ1n) is 5.61. The summed E-state index contributed by atoms with van der Waals surface area (Å²) in [6.07, 6.45) is 1.59. The van der Waals surface area contributed by atoms with Crippen LogP contribution in [0.1, 0.15) is 15.9 Å². The molecule has 0 spiro atoms. The number of rotatable bonds is 3. The smallest absolute Gasteiger partial charge is 0.267 e. The van der Waals surface area contributed by atoms with Gasteiger partial charge in [0.05, 0.1) is 16.8 Å². The number of amides is 1. The second-order valence-electron chi connectivity index (χ2n) is 3.84. The molecule has 0 fully saturated rings. The first-order valence-corrected chi connectivity index (χ1v) is 7.44. The van der Waals surface area contributed by atoms with Crippen molar-refractivity contribution < 1.29 is 4.79 Å². The van der Waals surface area contributed by atoms with Gasteiger partial charge in [-0.05, 0) is 46.9 Å². The highest BCUT2D eigenvalue weighted by molar-refractivity contribution is 14.1. The van der Waals surface area contributed by atoms with Gasteiger partial charge in [0, 0.05) is 14.2 Å². The summed E-state index contributed by atoms with van der Waals surface area (Å²) in [4.78, 5) is 11.9. The van der Waals surface area contributed by atoms with Crippen molar-refractivity contribution in [1.29, 1.82) is 0 Å². The number of benzene rings is 2. The SMILES string of the molecule is O=C(N/N=C/c1ccccc1I)c1ccc(Cl)cc1Cl. The van der Waals surface area contributed by atoms with Crippen LogP contribution in [0.15, 0.2) is 47.6 Å². The maximum absolute atomic E-state index is 11.9. The van der Waals surface area contributed by atoms with E-state index in [1.165, 1.54) is 6.07 Å². The molecular formula is C14H9Cl2IN2O. The summed E-state index contributed by atoms with van der Waals surface area (Å²) in [6, 6.07) is 12.4. The molecule has 2 aromatic carbocycles. The maximum Gasteiger partial charge on any atom is 0.272 e. The summed E-state index contributed by atoms with van der Waals surface area (Å²) < 4.78 is 1.05. The van der Waals surface area contributed by atoms with Crippen molar-refractivity contribution in [2.75, 3.05) is 0 Å². The molecule has 0 saturated heterocycles. The Balaban J connectivity index is 2.07. The van der Waals surface area contributed by atoms with E-state index in [0.717, 1.165) is 9.13 Å². The van der Waals surface area contributed by atoms with Gasteiger partial charge in [-0.3, -0.25) is 4.79 Å². The van der Waals surface area contributed by atoms with E-state index >= 15 is 0 Å². The van der Waals surface area contributed by atoms with Crippen molar-refractivity contribution in [3.05, 3.63) is 67.2 Å². The Bertz CT molecular complexity index is 674. The lowest BCUT2D eigenvalue weighted by atomic mass is 10.2. The molecule has 1 amide bonds. The molecule has 1 N–H and O–H groups in total. The summed E-state index contributed by atoms with van der Waals surface area (Å²) in [5, 5.41) is 4.69. The van der Waals surface area contributed by atoms with Crippen LogP contribution in [0.3, 0.4) is 0 Å². The quantitative estimate of drug-likeness (QED) is 0.449. The van der Waals surface area contributed by atoms with Gasteiger partial charge in [0.25, 0.3) is 5.91 Å². The molecule has 2 rings (SSSR count). The van der Waals surface area contributed by atoms with Crippen LogP contribution < -0.4 is 5.43 Å². The number of hydrazone groups is 1. The lowest BCUT2D eigenvalue weighted by Crippen LogP contribution is -2.18. The van der Waals surface area contributed by atoms with Crippen LogP contribution in [-0.2, 0) is 0 Å². The van der Waals surface area contributed by atoms with Gasteiger partial charge in [-0.2, -0.15) is 5.10 Å². The van der Waals surface area contributed by atoms with Gasteiger partial charge in [-0.1, -0.05) is 41.4 Å². The number of carbonyl (C=O) groups is 1. The first kappa shape index (κ1) is 15.3. The number of nitrogens with one attached hydrogen (secondary N) is 1. The van der Waals surface area contributed by atoms with E-state index in [4.69, 9.17) is 23.2 Å². The lowest BCUT2D eigenvalue weighted by molar-refractivity contribution is 0.0955. The number of hydrogen-bond acceptors (Lipinski definition) is 2. The third-order valence-electron chi connectivity index (χ3n) is 2.45. The monoisotopic (exact) mass is 418 g/mol. The van der Waals surface area contributed by atoms with Gasteiger partial charge < -0.3 is 0 Å². The van der Waals surface area contributed by atoms with Crippen molar-refractivity contribution in [2.24, 2.45) is 5.10 Å². The van der Waals surface area contributed by atoms with Crippen LogP contribution in [0.25, 0.3) is 0 Å². The molecule has 0 aromatic heterocycles. The molecule has 0 saturated carbocycles. The number of nitrogens with zero attached hydrogens (tertiary/aromatic N) is 1. The second kappa shape index (κ2) is 7.06. The fraction of sp³-hybridized carbons (Fsp3) is 0. The van der Waals surface area contributed by atoms with Crippen LogP contribution in [-0.4, -0.2) is 12.1 Å². The minimum Gasteiger partial charge on any atom is -0.267 e. The van der Waals surface area contributed by atoms with Crippen molar-refractivity contribution >= 4 is 57.9 Å². The zero-order valence-electron chi connectivity index (χ0n) is 10.1. The van der Waals surface area contributed by atoms with Crippen LogP contribution in [0, 0.1) is 3.57 Å². The predicted octanol–water partition coefficient (Wildman–Crippen LogP) is 4.36. The van der Waals surface area contributed by atoms with E-state index in [1.54, 1.807) is 18.3 Å². The molecule has 0 unspecified atom stereocenters. The number of hydrogen-bond donors (Lipinski definition) is 1. The van der Waals surface area contributed by atoms with Crippen molar-refractivity contribution in [3.8, 4) is 0 Å². The topological polar surface area (TPSA) is 41.5 Å². The molecule has 0 aliphatic heterocycles. The predicted molar refractivity (Wildman–Crippen MR) is 90.7 cm³/mol. The Labute approximate surface area is 140 Å². The molecule has 0 bridgehead atoms. The van der Waals surface area contributed by atoms with Gasteiger partial charge >= 0.3 is 0 Å². The van der Waals surface area contributed by atoms with Crippen molar-refractivity contribution in [1.82, 2.24) is 5.43 Å². The van der Waals surface area contributed by atoms with Gasteiger partial charge in [0.2, 0.25) is 0 Å². The van der Waals surface area contributed by atoms with E-state index in [9.17, 15) is 4.79 Å². The van der Waals surface area contributed by atoms with Crippen molar-refractivity contribution in [2.45, 2.75) is 0 Å². The molecule has 3 nitrogen and oxygen atoms in total.